The fourth-order valence-corrected chi connectivity index (χ4v) is 0.714. The van der Waals surface area contributed by atoms with Crippen molar-refractivity contribution in [2.45, 2.75) is 26.0 Å². The van der Waals surface area contributed by atoms with Crippen molar-refractivity contribution in [2.75, 3.05) is 0 Å². The molecule has 0 rings (SSSR count). The van der Waals surface area contributed by atoms with Gasteiger partial charge >= 0.3 is 0 Å². The van der Waals surface area contributed by atoms with Gasteiger partial charge in [-0.05, 0) is 6.92 Å². The smallest absolute Gasteiger partial charge is 0.259 e. The summed E-state index contributed by atoms with van der Waals surface area (Å²) in [6.07, 6.45) is -0.975. The molecule has 12 heavy (non-hydrogen) atoms. The Morgan fingerprint density at radius 1 is 1.50 bits per heavy atom. The van der Waals surface area contributed by atoms with E-state index in [0.717, 1.165) is 0 Å². The highest BCUT2D eigenvalue weighted by molar-refractivity contribution is 5.86. The summed E-state index contributed by atoms with van der Waals surface area (Å²) in [6, 6.07) is -0.993. The number of hydrogen-bond acceptors (Lipinski definition) is 4. The van der Waals surface area contributed by atoms with E-state index < -0.39 is 24.0 Å². The van der Waals surface area contributed by atoms with Crippen molar-refractivity contribution in [3.63, 3.8) is 0 Å². The maximum absolute atomic E-state index is 10.9. The van der Waals surface area contributed by atoms with Crippen LogP contribution < -0.4 is 16.6 Å². The van der Waals surface area contributed by atoms with Crippen LogP contribution in [0.1, 0.15) is 13.8 Å². The van der Waals surface area contributed by atoms with Crippen LogP contribution in [0.5, 0.6) is 0 Å². The van der Waals surface area contributed by atoms with Crippen molar-refractivity contribution in [3.8, 4) is 0 Å². The fourth-order valence-electron chi connectivity index (χ4n) is 0.714. The third kappa shape index (κ3) is 3.31. The summed E-state index contributed by atoms with van der Waals surface area (Å²) in [4.78, 5) is 21.4. The van der Waals surface area contributed by atoms with Crippen molar-refractivity contribution in [1.82, 2.24) is 10.7 Å². The minimum Gasteiger partial charge on any atom is -0.391 e. The third-order valence-electron chi connectivity index (χ3n) is 1.27. The van der Waals surface area contributed by atoms with E-state index in [-0.39, 0.29) is 0 Å². The zero-order valence-corrected chi connectivity index (χ0v) is 7.00. The van der Waals surface area contributed by atoms with Gasteiger partial charge in [0.1, 0.15) is 6.04 Å². The Bertz CT molecular complexity index is 181. The normalized spacial score (nSPS) is 14.7. The first-order valence-corrected chi connectivity index (χ1v) is 3.44. The molecule has 0 fully saturated rings. The molecule has 0 bridgehead atoms. The quantitative estimate of drug-likeness (QED) is 0.223. The van der Waals surface area contributed by atoms with Gasteiger partial charge in [-0.15, -0.1) is 0 Å². The number of carbonyl (C=O) groups is 2. The van der Waals surface area contributed by atoms with Gasteiger partial charge < -0.3 is 10.4 Å². The Balaban J connectivity index is 4.23. The molecule has 0 saturated heterocycles. The lowest BCUT2D eigenvalue weighted by Gasteiger charge is -2.18. The standard InChI is InChI=1S/C6H13N3O3/c1-3(10)5(6(12)9-7)8-4(2)11/h3,5,10H,7H2,1-2H3,(H,8,11)(H,9,12). The Labute approximate surface area is 70.1 Å². The zero-order valence-electron chi connectivity index (χ0n) is 7.00. The molecule has 0 aliphatic carbocycles. The van der Waals surface area contributed by atoms with E-state index in [2.05, 4.69) is 5.32 Å². The van der Waals surface area contributed by atoms with Crippen molar-refractivity contribution < 1.29 is 14.7 Å². The zero-order chi connectivity index (χ0) is 9.72. The highest BCUT2D eigenvalue weighted by atomic mass is 16.3. The fraction of sp³-hybridized carbons (Fsp3) is 0.667. The predicted octanol–water partition coefficient (Wildman–Crippen LogP) is -2.14. The van der Waals surface area contributed by atoms with Crippen LogP contribution >= 0.6 is 0 Å². The topological polar surface area (TPSA) is 104 Å². The molecule has 70 valence electrons. The maximum Gasteiger partial charge on any atom is 0.259 e. The molecule has 0 aromatic carbocycles. The van der Waals surface area contributed by atoms with Crippen LogP contribution in [0.2, 0.25) is 0 Å². The van der Waals surface area contributed by atoms with Crippen LogP contribution in [-0.2, 0) is 9.59 Å². The lowest BCUT2D eigenvalue weighted by molar-refractivity contribution is -0.130. The van der Waals surface area contributed by atoms with Gasteiger partial charge in [0.15, 0.2) is 0 Å². The predicted molar refractivity (Wildman–Crippen MR) is 41.6 cm³/mol. The molecule has 2 unspecified atom stereocenters. The number of nitrogens with one attached hydrogen (secondary N) is 2. The molecule has 0 saturated carbocycles. The van der Waals surface area contributed by atoms with E-state index in [9.17, 15) is 9.59 Å². The number of hydrogen-bond donors (Lipinski definition) is 4. The van der Waals surface area contributed by atoms with E-state index >= 15 is 0 Å². The van der Waals surface area contributed by atoms with E-state index in [4.69, 9.17) is 10.9 Å². The molecule has 0 aromatic rings. The number of rotatable bonds is 3. The summed E-state index contributed by atoms with van der Waals surface area (Å²) in [5.74, 6) is 3.80. The van der Waals surface area contributed by atoms with Crippen LogP contribution in [0, 0.1) is 0 Å². The molecule has 2 amide bonds. The number of aliphatic hydroxyl groups excluding tert-OH is 1. The first kappa shape index (κ1) is 10.9. The molecule has 6 nitrogen and oxygen atoms in total. The Morgan fingerprint density at radius 3 is 2.25 bits per heavy atom. The monoisotopic (exact) mass is 175 g/mol. The van der Waals surface area contributed by atoms with E-state index in [1.54, 1.807) is 0 Å². The van der Waals surface area contributed by atoms with Gasteiger partial charge in [-0.1, -0.05) is 0 Å². The largest absolute Gasteiger partial charge is 0.391 e. The van der Waals surface area contributed by atoms with Gasteiger partial charge in [0.25, 0.3) is 5.91 Å². The molecule has 0 aliphatic heterocycles. The minimum absolute atomic E-state index is 0.399. The lowest BCUT2D eigenvalue weighted by Crippen LogP contribution is -2.53. The Hall–Kier alpha value is -1.14. The van der Waals surface area contributed by atoms with Gasteiger partial charge in [0, 0.05) is 6.92 Å². The van der Waals surface area contributed by atoms with Crippen LogP contribution in [0.15, 0.2) is 0 Å². The van der Waals surface area contributed by atoms with Crippen molar-refractivity contribution in [2.24, 2.45) is 5.84 Å². The molecule has 0 heterocycles. The molecule has 5 N–H and O–H groups in total. The summed E-state index contributed by atoms with van der Waals surface area (Å²) in [5, 5.41) is 11.3. The first-order chi connectivity index (χ1) is 5.49. The number of hydrazine groups is 1. The van der Waals surface area contributed by atoms with E-state index in [0.29, 0.717) is 0 Å². The maximum atomic E-state index is 10.9. The molecule has 0 radical (unpaired) electrons. The van der Waals surface area contributed by atoms with Gasteiger partial charge in [0.05, 0.1) is 6.10 Å². The highest BCUT2D eigenvalue weighted by Gasteiger charge is 2.23. The Kier molecular flexibility index (Phi) is 4.24. The van der Waals surface area contributed by atoms with E-state index in [1.165, 1.54) is 13.8 Å². The van der Waals surface area contributed by atoms with Crippen LogP contribution in [-0.4, -0.2) is 29.1 Å². The SMILES string of the molecule is CC(=O)NC(C(=O)NN)C(C)O. The average molecular weight is 175 g/mol. The second-order valence-electron chi connectivity index (χ2n) is 2.43. The lowest BCUT2D eigenvalue weighted by atomic mass is 10.2. The second-order valence-corrected chi connectivity index (χ2v) is 2.43. The van der Waals surface area contributed by atoms with Gasteiger partial charge in [-0.3, -0.25) is 15.0 Å². The van der Waals surface area contributed by atoms with Gasteiger partial charge in [-0.25, -0.2) is 5.84 Å². The molecular formula is C6H13N3O3. The molecule has 0 aromatic heterocycles. The summed E-state index contributed by atoms with van der Waals surface area (Å²) >= 11 is 0. The third-order valence-corrected chi connectivity index (χ3v) is 1.27. The number of nitrogens with two attached hydrogens (primary N) is 1. The van der Waals surface area contributed by atoms with Gasteiger partial charge in [0.2, 0.25) is 5.91 Å². The van der Waals surface area contributed by atoms with Crippen molar-refractivity contribution >= 4 is 11.8 Å². The first-order valence-electron chi connectivity index (χ1n) is 3.44. The van der Waals surface area contributed by atoms with E-state index in [1.807, 2.05) is 5.43 Å². The minimum atomic E-state index is -0.993. The number of aliphatic hydroxyl groups is 1. The van der Waals surface area contributed by atoms with Crippen LogP contribution in [0.3, 0.4) is 0 Å². The molecular weight excluding hydrogens is 162 g/mol. The average Bonchev–Trinajstić information content (AvgIpc) is 1.98. The highest BCUT2D eigenvalue weighted by Crippen LogP contribution is 1.91. The summed E-state index contributed by atoms with van der Waals surface area (Å²) in [7, 11) is 0. The van der Waals surface area contributed by atoms with Gasteiger partial charge in [-0.2, -0.15) is 0 Å². The molecule has 0 spiro atoms. The number of carbonyl (C=O) groups excluding carboxylic acids is 2. The summed E-state index contributed by atoms with van der Waals surface area (Å²) < 4.78 is 0. The van der Waals surface area contributed by atoms with Crippen molar-refractivity contribution in [1.29, 1.82) is 0 Å². The molecule has 2 atom stereocenters. The number of amides is 2. The van der Waals surface area contributed by atoms with Crippen LogP contribution in [0.4, 0.5) is 0 Å². The molecule has 0 aliphatic rings. The summed E-state index contributed by atoms with van der Waals surface area (Å²) in [6.45, 7) is 2.63. The van der Waals surface area contributed by atoms with Crippen molar-refractivity contribution in [3.05, 3.63) is 0 Å². The van der Waals surface area contributed by atoms with Crippen LogP contribution in [0.25, 0.3) is 0 Å². The Morgan fingerprint density at radius 2 is 2.00 bits per heavy atom. The second kappa shape index (κ2) is 4.68. The summed E-state index contributed by atoms with van der Waals surface area (Å²) in [5.41, 5.74) is 1.84. The molecule has 6 heteroatoms.